The Kier molecular flexibility index (Phi) is 2.82. The monoisotopic (exact) mass is 187 g/mol. The molecule has 0 spiro atoms. The SMILES string of the molecule is CCCCCn1n[c]c2ccccc21. The number of para-hydroxylation sites is 1. The minimum absolute atomic E-state index is 1.01. The Balaban J connectivity index is 2.17. The molecule has 0 bridgehead atoms. The van der Waals surface area contributed by atoms with Crippen LogP contribution in [0, 0.1) is 6.20 Å². The highest BCUT2D eigenvalue weighted by Crippen LogP contribution is 2.12. The second-order valence-corrected chi connectivity index (χ2v) is 3.56. The Bertz CT molecular complexity index is 403. The third kappa shape index (κ3) is 1.79. The Hall–Kier alpha value is -1.31. The van der Waals surface area contributed by atoms with E-state index in [0.29, 0.717) is 0 Å². The van der Waals surface area contributed by atoms with Crippen molar-refractivity contribution in [3.05, 3.63) is 30.5 Å². The van der Waals surface area contributed by atoms with E-state index in [0.717, 1.165) is 11.9 Å². The van der Waals surface area contributed by atoms with Crippen molar-refractivity contribution in [3.63, 3.8) is 0 Å². The molecule has 2 heteroatoms. The van der Waals surface area contributed by atoms with Crippen molar-refractivity contribution in [2.24, 2.45) is 0 Å². The standard InChI is InChI=1S/C12H15N2/c1-2-3-6-9-14-12-8-5-4-7-11(12)10-13-14/h4-5,7-8H,2-3,6,9H2,1H3. The fourth-order valence-electron chi connectivity index (χ4n) is 1.64. The molecular formula is C12H15N2. The van der Waals surface area contributed by atoms with E-state index in [2.05, 4.69) is 30.4 Å². The minimum Gasteiger partial charge on any atom is -0.264 e. The van der Waals surface area contributed by atoms with Crippen molar-refractivity contribution in [1.29, 1.82) is 0 Å². The van der Waals surface area contributed by atoms with Gasteiger partial charge in [-0.25, -0.2) is 0 Å². The fraction of sp³-hybridized carbons (Fsp3) is 0.417. The van der Waals surface area contributed by atoms with Crippen LogP contribution in [-0.4, -0.2) is 9.78 Å². The lowest BCUT2D eigenvalue weighted by molar-refractivity contribution is 0.566. The quantitative estimate of drug-likeness (QED) is 0.673. The zero-order valence-electron chi connectivity index (χ0n) is 8.53. The molecule has 2 aromatic rings. The summed E-state index contributed by atoms with van der Waals surface area (Å²) in [5.41, 5.74) is 1.20. The average molecular weight is 187 g/mol. The molecule has 0 unspecified atom stereocenters. The molecule has 0 aliphatic rings. The predicted octanol–water partition coefficient (Wildman–Crippen LogP) is 3.03. The number of hydrogen-bond acceptors (Lipinski definition) is 1. The Labute approximate surface area is 84.5 Å². The molecule has 0 saturated heterocycles. The lowest BCUT2D eigenvalue weighted by atomic mass is 10.2. The summed E-state index contributed by atoms with van der Waals surface area (Å²) in [5.74, 6) is 0. The first kappa shape index (κ1) is 9.25. The molecule has 0 N–H and O–H groups in total. The first-order valence-electron chi connectivity index (χ1n) is 5.25. The van der Waals surface area contributed by atoms with Crippen molar-refractivity contribution in [3.8, 4) is 0 Å². The van der Waals surface area contributed by atoms with E-state index in [-0.39, 0.29) is 0 Å². The number of nitrogens with zero attached hydrogens (tertiary/aromatic N) is 2. The lowest BCUT2D eigenvalue weighted by Gasteiger charge is -2.01. The summed E-state index contributed by atoms with van der Waals surface area (Å²) >= 11 is 0. The summed E-state index contributed by atoms with van der Waals surface area (Å²) in [6.45, 7) is 3.23. The van der Waals surface area contributed by atoms with Gasteiger partial charge in [0.05, 0.1) is 5.52 Å². The van der Waals surface area contributed by atoms with Gasteiger partial charge in [-0.15, -0.1) is 0 Å². The van der Waals surface area contributed by atoms with Crippen LogP contribution in [0.4, 0.5) is 0 Å². The van der Waals surface area contributed by atoms with E-state index in [9.17, 15) is 0 Å². The highest BCUT2D eigenvalue weighted by atomic mass is 15.3. The van der Waals surface area contributed by atoms with Gasteiger partial charge in [-0.3, -0.25) is 4.68 Å². The zero-order chi connectivity index (χ0) is 9.80. The van der Waals surface area contributed by atoms with E-state index in [1.807, 2.05) is 16.8 Å². The Morgan fingerprint density at radius 3 is 3.00 bits per heavy atom. The summed E-state index contributed by atoms with van der Waals surface area (Å²) in [6, 6.07) is 8.23. The molecule has 1 heterocycles. The molecule has 1 aromatic heterocycles. The topological polar surface area (TPSA) is 17.8 Å². The molecule has 73 valence electrons. The van der Waals surface area contributed by atoms with Crippen LogP contribution < -0.4 is 0 Å². The van der Waals surface area contributed by atoms with Gasteiger partial charge in [-0.1, -0.05) is 38.0 Å². The maximum Gasteiger partial charge on any atom is 0.121 e. The first-order valence-corrected chi connectivity index (χ1v) is 5.25. The van der Waals surface area contributed by atoms with Crippen LogP contribution in [0.1, 0.15) is 26.2 Å². The van der Waals surface area contributed by atoms with Gasteiger partial charge in [0, 0.05) is 11.9 Å². The first-order chi connectivity index (χ1) is 6.92. The number of aryl methyl sites for hydroxylation is 1. The van der Waals surface area contributed by atoms with Crippen LogP contribution in [0.25, 0.3) is 10.9 Å². The molecule has 2 nitrogen and oxygen atoms in total. The largest absolute Gasteiger partial charge is 0.264 e. The third-order valence-corrected chi connectivity index (χ3v) is 2.45. The molecule has 2 rings (SSSR count). The third-order valence-electron chi connectivity index (χ3n) is 2.45. The zero-order valence-corrected chi connectivity index (χ0v) is 8.53. The van der Waals surface area contributed by atoms with Gasteiger partial charge >= 0.3 is 0 Å². The average Bonchev–Trinajstić information content (AvgIpc) is 2.63. The maximum atomic E-state index is 4.26. The normalized spacial score (nSPS) is 10.9. The molecule has 0 amide bonds. The van der Waals surface area contributed by atoms with Crippen LogP contribution in [0.15, 0.2) is 24.3 Å². The molecule has 1 radical (unpaired) electrons. The molecule has 0 fully saturated rings. The van der Waals surface area contributed by atoms with Crippen molar-refractivity contribution in [1.82, 2.24) is 9.78 Å². The van der Waals surface area contributed by atoms with Crippen LogP contribution in [0.3, 0.4) is 0 Å². The van der Waals surface area contributed by atoms with Gasteiger partial charge in [-0.05, 0) is 12.5 Å². The molecule has 14 heavy (non-hydrogen) atoms. The highest BCUT2D eigenvalue weighted by molar-refractivity contribution is 5.77. The molecule has 0 aliphatic carbocycles. The number of hydrogen-bond donors (Lipinski definition) is 0. The van der Waals surface area contributed by atoms with Crippen molar-refractivity contribution in [2.75, 3.05) is 0 Å². The number of aromatic nitrogens is 2. The maximum absolute atomic E-state index is 4.26. The Morgan fingerprint density at radius 1 is 1.29 bits per heavy atom. The summed E-state index contributed by atoms with van der Waals surface area (Å²) < 4.78 is 2.05. The molecule has 0 atom stereocenters. The number of unbranched alkanes of at least 4 members (excludes halogenated alkanes) is 2. The van der Waals surface area contributed by atoms with Crippen LogP contribution >= 0.6 is 0 Å². The fourth-order valence-corrected chi connectivity index (χ4v) is 1.64. The molecule has 0 aliphatic heterocycles. The number of benzene rings is 1. The van der Waals surface area contributed by atoms with Crippen molar-refractivity contribution in [2.45, 2.75) is 32.7 Å². The summed E-state index contributed by atoms with van der Waals surface area (Å²) in [5, 5.41) is 5.37. The highest BCUT2D eigenvalue weighted by Gasteiger charge is 2.00. The van der Waals surface area contributed by atoms with Gasteiger partial charge in [0.1, 0.15) is 6.20 Å². The number of rotatable bonds is 4. The van der Waals surface area contributed by atoms with Crippen LogP contribution in [0.2, 0.25) is 0 Å². The van der Waals surface area contributed by atoms with Crippen LogP contribution in [0.5, 0.6) is 0 Å². The van der Waals surface area contributed by atoms with Crippen LogP contribution in [-0.2, 0) is 6.54 Å². The summed E-state index contributed by atoms with van der Waals surface area (Å²) in [6.07, 6.45) is 6.76. The molecular weight excluding hydrogens is 172 g/mol. The van der Waals surface area contributed by atoms with E-state index in [1.165, 1.54) is 24.8 Å². The lowest BCUT2D eigenvalue weighted by Crippen LogP contribution is -1.99. The van der Waals surface area contributed by atoms with E-state index >= 15 is 0 Å². The van der Waals surface area contributed by atoms with E-state index < -0.39 is 0 Å². The summed E-state index contributed by atoms with van der Waals surface area (Å²) in [4.78, 5) is 0. The smallest absolute Gasteiger partial charge is 0.121 e. The number of fused-ring (bicyclic) bond motifs is 1. The van der Waals surface area contributed by atoms with Gasteiger partial charge in [0.15, 0.2) is 0 Å². The van der Waals surface area contributed by atoms with Gasteiger partial charge < -0.3 is 0 Å². The second kappa shape index (κ2) is 4.27. The van der Waals surface area contributed by atoms with Crippen molar-refractivity contribution >= 4 is 10.9 Å². The Morgan fingerprint density at radius 2 is 2.14 bits per heavy atom. The van der Waals surface area contributed by atoms with E-state index in [1.54, 1.807) is 0 Å². The molecule has 1 aromatic carbocycles. The van der Waals surface area contributed by atoms with Gasteiger partial charge in [0.25, 0.3) is 0 Å². The molecule has 0 saturated carbocycles. The van der Waals surface area contributed by atoms with E-state index in [4.69, 9.17) is 0 Å². The second-order valence-electron chi connectivity index (χ2n) is 3.56. The van der Waals surface area contributed by atoms with Crippen molar-refractivity contribution < 1.29 is 0 Å². The van der Waals surface area contributed by atoms with Gasteiger partial charge in [-0.2, -0.15) is 5.10 Å². The summed E-state index contributed by atoms with van der Waals surface area (Å²) in [7, 11) is 0. The minimum atomic E-state index is 1.01. The predicted molar refractivity (Wildman–Crippen MR) is 58.1 cm³/mol. The van der Waals surface area contributed by atoms with Gasteiger partial charge in [0.2, 0.25) is 0 Å².